The lowest BCUT2D eigenvalue weighted by atomic mass is 9.97. The number of nitrogens with zero attached hydrogens (tertiary/aromatic N) is 2. The van der Waals surface area contributed by atoms with E-state index in [4.69, 9.17) is 5.26 Å². The number of hydrogen-bond donors (Lipinski definition) is 1. The summed E-state index contributed by atoms with van der Waals surface area (Å²) in [6.07, 6.45) is 2.59. The third kappa shape index (κ3) is 4.19. The number of piperidine rings is 1. The number of carbonyl (C=O) groups excluding carboxylic acids is 1. The fourth-order valence-corrected chi connectivity index (χ4v) is 2.08. The normalized spacial score (nSPS) is 21.8. The van der Waals surface area contributed by atoms with Crippen LogP contribution in [0.3, 0.4) is 0 Å². The topological polar surface area (TPSA) is 56.1 Å². The summed E-state index contributed by atoms with van der Waals surface area (Å²) in [6, 6.07) is 2.36. The monoisotopic (exact) mass is 223 g/mol. The minimum atomic E-state index is 0.106. The molecule has 1 saturated heterocycles. The van der Waals surface area contributed by atoms with Gasteiger partial charge in [0.25, 0.3) is 0 Å². The van der Waals surface area contributed by atoms with Gasteiger partial charge in [0.1, 0.15) is 0 Å². The van der Waals surface area contributed by atoms with E-state index in [1.54, 1.807) is 0 Å². The second-order valence-electron chi connectivity index (χ2n) is 4.71. The molecule has 4 heteroatoms. The largest absolute Gasteiger partial charge is 0.354 e. The van der Waals surface area contributed by atoms with Crippen molar-refractivity contribution in [1.82, 2.24) is 10.2 Å². The van der Waals surface area contributed by atoms with Gasteiger partial charge in [0.05, 0.1) is 12.0 Å². The molecule has 0 aliphatic carbocycles. The highest BCUT2D eigenvalue weighted by Crippen LogP contribution is 2.16. The summed E-state index contributed by atoms with van der Waals surface area (Å²) >= 11 is 0. The Balaban J connectivity index is 2.38. The van der Waals surface area contributed by atoms with Gasteiger partial charge < -0.3 is 10.2 Å². The number of likely N-dealkylation sites (tertiary alicyclic amines) is 1. The van der Waals surface area contributed by atoms with Gasteiger partial charge in [0.15, 0.2) is 0 Å². The Morgan fingerprint density at radius 2 is 2.38 bits per heavy atom. The molecule has 0 aromatic heterocycles. The molecule has 1 aliphatic rings. The molecule has 0 spiro atoms. The molecule has 0 bridgehead atoms. The number of nitriles is 1. The van der Waals surface area contributed by atoms with Crippen molar-refractivity contribution in [2.24, 2.45) is 5.92 Å². The van der Waals surface area contributed by atoms with E-state index in [-0.39, 0.29) is 17.9 Å². The van der Waals surface area contributed by atoms with Gasteiger partial charge in [-0.25, -0.2) is 0 Å². The SMILES string of the molecule is CC(C)NC(=O)C1CCCN(CCC#N)C1. The summed E-state index contributed by atoms with van der Waals surface area (Å²) in [7, 11) is 0. The van der Waals surface area contributed by atoms with Crippen molar-refractivity contribution in [2.75, 3.05) is 19.6 Å². The first-order valence-corrected chi connectivity index (χ1v) is 6.03. The molecule has 0 aromatic carbocycles. The Hall–Kier alpha value is -1.08. The third-order valence-electron chi connectivity index (χ3n) is 2.85. The molecule has 0 radical (unpaired) electrons. The minimum absolute atomic E-state index is 0.106. The van der Waals surface area contributed by atoms with Crippen LogP contribution in [0.2, 0.25) is 0 Å². The van der Waals surface area contributed by atoms with Crippen molar-refractivity contribution in [2.45, 2.75) is 39.2 Å². The van der Waals surface area contributed by atoms with Crippen LogP contribution in [0, 0.1) is 17.2 Å². The van der Waals surface area contributed by atoms with Crippen molar-refractivity contribution in [1.29, 1.82) is 5.26 Å². The van der Waals surface area contributed by atoms with Crippen LogP contribution in [-0.2, 0) is 4.79 Å². The van der Waals surface area contributed by atoms with Gasteiger partial charge in [-0.3, -0.25) is 4.79 Å². The number of amides is 1. The molecule has 1 fully saturated rings. The summed E-state index contributed by atoms with van der Waals surface area (Å²) < 4.78 is 0. The van der Waals surface area contributed by atoms with Crippen molar-refractivity contribution in [3.8, 4) is 6.07 Å². The van der Waals surface area contributed by atoms with Gasteiger partial charge in [-0.2, -0.15) is 5.26 Å². The first-order chi connectivity index (χ1) is 7.63. The van der Waals surface area contributed by atoms with E-state index >= 15 is 0 Å². The van der Waals surface area contributed by atoms with Crippen molar-refractivity contribution >= 4 is 5.91 Å². The summed E-state index contributed by atoms with van der Waals surface area (Å²) in [5.41, 5.74) is 0. The summed E-state index contributed by atoms with van der Waals surface area (Å²) in [5, 5.41) is 11.5. The first kappa shape index (κ1) is 13.0. The van der Waals surface area contributed by atoms with Gasteiger partial charge in [-0.15, -0.1) is 0 Å². The van der Waals surface area contributed by atoms with E-state index in [9.17, 15) is 4.79 Å². The average molecular weight is 223 g/mol. The summed E-state index contributed by atoms with van der Waals surface area (Å²) in [4.78, 5) is 14.0. The second kappa shape index (κ2) is 6.49. The second-order valence-corrected chi connectivity index (χ2v) is 4.71. The van der Waals surface area contributed by atoms with Crippen LogP contribution in [0.4, 0.5) is 0 Å². The van der Waals surface area contributed by atoms with E-state index in [0.717, 1.165) is 32.5 Å². The molecule has 90 valence electrons. The predicted octanol–water partition coefficient (Wildman–Crippen LogP) is 1.14. The Morgan fingerprint density at radius 3 is 3.00 bits per heavy atom. The Labute approximate surface area is 97.6 Å². The Bertz CT molecular complexity index is 270. The molecule has 4 nitrogen and oxygen atoms in total. The van der Waals surface area contributed by atoms with E-state index < -0.39 is 0 Å². The van der Waals surface area contributed by atoms with Crippen LogP contribution < -0.4 is 5.32 Å². The highest BCUT2D eigenvalue weighted by Gasteiger charge is 2.25. The molecule has 1 aliphatic heterocycles. The van der Waals surface area contributed by atoms with Gasteiger partial charge in [-0.1, -0.05) is 0 Å². The van der Waals surface area contributed by atoms with E-state index in [2.05, 4.69) is 16.3 Å². The van der Waals surface area contributed by atoms with Gasteiger partial charge in [-0.05, 0) is 33.2 Å². The molecule has 1 amide bonds. The lowest BCUT2D eigenvalue weighted by Gasteiger charge is -2.31. The summed E-state index contributed by atoms with van der Waals surface area (Å²) in [6.45, 7) is 6.58. The molecule has 16 heavy (non-hydrogen) atoms. The molecular formula is C12H21N3O. The average Bonchev–Trinajstić information content (AvgIpc) is 2.26. The lowest BCUT2D eigenvalue weighted by molar-refractivity contribution is -0.127. The van der Waals surface area contributed by atoms with Crippen LogP contribution in [0.5, 0.6) is 0 Å². The fraction of sp³-hybridized carbons (Fsp3) is 0.833. The zero-order valence-corrected chi connectivity index (χ0v) is 10.2. The van der Waals surface area contributed by atoms with Gasteiger partial charge in [0, 0.05) is 25.6 Å². The molecule has 1 heterocycles. The first-order valence-electron chi connectivity index (χ1n) is 6.03. The molecule has 0 saturated carbocycles. The molecule has 0 aromatic rings. The van der Waals surface area contributed by atoms with E-state index in [1.807, 2.05) is 13.8 Å². The highest BCUT2D eigenvalue weighted by molar-refractivity contribution is 5.79. The van der Waals surface area contributed by atoms with Crippen LogP contribution in [0.25, 0.3) is 0 Å². The molecule has 1 unspecified atom stereocenters. The standard InChI is InChI=1S/C12H21N3O/c1-10(2)14-12(16)11-5-3-7-15(9-11)8-4-6-13/h10-11H,3-5,7-9H2,1-2H3,(H,14,16). The van der Waals surface area contributed by atoms with Crippen LogP contribution in [0.15, 0.2) is 0 Å². The third-order valence-corrected chi connectivity index (χ3v) is 2.85. The Morgan fingerprint density at radius 1 is 1.62 bits per heavy atom. The lowest BCUT2D eigenvalue weighted by Crippen LogP contribution is -2.44. The van der Waals surface area contributed by atoms with Crippen LogP contribution in [0.1, 0.15) is 33.1 Å². The molecule has 1 atom stereocenters. The molecular weight excluding hydrogens is 202 g/mol. The number of carbonyl (C=O) groups is 1. The van der Waals surface area contributed by atoms with Crippen LogP contribution >= 0.6 is 0 Å². The maximum Gasteiger partial charge on any atom is 0.224 e. The maximum atomic E-state index is 11.8. The Kier molecular flexibility index (Phi) is 5.27. The molecule has 1 rings (SSSR count). The van der Waals surface area contributed by atoms with Gasteiger partial charge in [0.2, 0.25) is 5.91 Å². The highest BCUT2D eigenvalue weighted by atomic mass is 16.2. The number of nitrogens with one attached hydrogen (secondary N) is 1. The number of hydrogen-bond acceptors (Lipinski definition) is 3. The maximum absolute atomic E-state index is 11.8. The zero-order valence-electron chi connectivity index (χ0n) is 10.2. The van der Waals surface area contributed by atoms with Gasteiger partial charge >= 0.3 is 0 Å². The quantitative estimate of drug-likeness (QED) is 0.777. The molecule has 1 N–H and O–H groups in total. The van der Waals surface area contributed by atoms with Crippen molar-refractivity contribution in [3.63, 3.8) is 0 Å². The van der Waals surface area contributed by atoms with Crippen LogP contribution in [-0.4, -0.2) is 36.5 Å². The fourth-order valence-electron chi connectivity index (χ4n) is 2.08. The van der Waals surface area contributed by atoms with Crippen molar-refractivity contribution in [3.05, 3.63) is 0 Å². The zero-order chi connectivity index (χ0) is 12.0. The number of rotatable bonds is 4. The minimum Gasteiger partial charge on any atom is -0.354 e. The predicted molar refractivity (Wildman–Crippen MR) is 62.7 cm³/mol. The smallest absolute Gasteiger partial charge is 0.224 e. The van der Waals surface area contributed by atoms with E-state index in [0.29, 0.717) is 6.42 Å². The van der Waals surface area contributed by atoms with Crippen molar-refractivity contribution < 1.29 is 4.79 Å². The van der Waals surface area contributed by atoms with E-state index in [1.165, 1.54) is 0 Å². The summed E-state index contributed by atoms with van der Waals surface area (Å²) in [5.74, 6) is 0.270.